The van der Waals surface area contributed by atoms with Crippen LogP contribution in [0.2, 0.25) is 5.02 Å². The van der Waals surface area contributed by atoms with E-state index in [9.17, 15) is 0 Å². The summed E-state index contributed by atoms with van der Waals surface area (Å²) < 4.78 is 1.03. The smallest absolute Gasteiger partial charge is 0.0449 e. The summed E-state index contributed by atoms with van der Waals surface area (Å²) in [6, 6.07) is 4.05. The molecule has 0 amide bonds. The van der Waals surface area contributed by atoms with Gasteiger partial charge in [-0.05, 0) is 49.1 Å². The fourth-order valence-electron chi connectivity index (χ4n) is 1.58. The Morgan fingerprint density at radius 1 is 1.50 bits per heavy atom. The number of rotatable bonds is 3. The van der Waals surface area contributed by atoms with Gasteiger partial charge in [-0.3, -0.25) is 0 Å². The van der Waals surface area contributed by atoms with Gasteiger partial charge in [-0.15, -0.1) is 0 Å². The summed E-state index contributed by atoms with van der Waals surface area (Å²) in [4.78, 5) is 0. The molecule has 1 aromatic rings. The first-order valence-corrected chi connectivity index (χ1v) is 5.89. The SMILES string of the molecule is Cc1c(Cl)cc(Br)cc1C(C)CCN. The van der Waals surface area contributed by atoms with E-state index in [1.165, 1.54) is 5.56 Å². The molecule has 1 rings (SSSR count). The van der Waals surface area contributed by atoms with Crippen molar-refractivity contribution in [3.63, 3.8) is 0 Å². The third-order valence-corrected chi connectivity index (χ3v) is 3.33. The first kappa shape index (κ1) is 12.0. The van der Waals surface area contributed by atoms with Crippen LogP contribution < -0.4 is 5.73 Å². The Morgan fingerprint density at radius 2 is 2.14 bits per heavy atom. The van der Waals surface area contributed by atoms with E-state index in [4.69, 9.17) is 17.3 Å². The van der Waals surface area contributed by atoms with Crippen molar-refractivity contribution in [1.29, 1.82) is 0 Å². The summed E-state index contributed by atoms with van der Waals surface area (Å²) in [6.45, 7) is 4.94. The van der Waals surface area contributed by atoms with Gasteiger partial charge in [-0.2, -0.15) is 0 Å². The molecule has 0 saturated carbocycles. The molecule has 0 aliphatic rings. The molecule has 1 nitrogen and oxygen atoms in total. The Hall–Kier alpha value is -0.0500. The van der Waals surface area contributed by atoms with Crippen molar-refractivity contribution < 1.29 is 0 Å². The van der Waals surface area contributed by atoms with Gasteiger partial charge in [0.05, 0.1) is 0 Å². The van der Waals surface area contributed by atoms with Gasteiger partial charge in [-0.1, -0.05) is 34.5 Å². The van der Waals surface area contributed by atoms with E-state index in [1.807, 2.05) is 6.07 Å². The van der Waals surface area contributed by atoms with Crippen molar-refractivity contribution in [3.8, 4) is 0 Å². The summed E-state index contributed by atoms with van der Waals surface area (Å²) in [5.41, 5.74) is 8.00. The predicted octanol–water partition coefficient (Wildman–Crippen LogP) is 3.86. The highest BCUT2D eigenvalue weighted by molar-refractivity contribution is 9.10. The second-order valence-corrected chi connectivity index (χ2v) is 4.90. The van der Waals surface area contributed by atoms with E-state index < -0.39 is 0 Å². The van der Waals surface area contributed by atoms with E-state index >= 15 is 0 Å². The van der Waals surface area contributed by atoms with Gasteiger partial charge in [0.25, 0.3) is 0 Å². The summed E-state index contributed by atoms with van der Waals surface area (Å²) in [5.74, 6) is 0.468. The molecule has 0 radical (unpaired) electrons. The van der Waals surface area contributed by atoms with Crippen LogP contribution in [0.5, 0.6) is 0 Å². The van der Waals surface area contributed by atoms with Crippen LogP contribution in [-0.4, -0.2) is 6.54 Å². The van der Waals surface area contributed by atoms with Gasteiger partial charge in [0.1, 0.15) is 0 Å². The van der Waals surface area contributed by atoms with Crippen molar-refractivity contribution in [1.82, 2.24) is 0 Å². The maximum Gasteiger partial charge on any atom is 0.0449 e. The Bertz CT molecular complexity index is 325. The molecule has 2 N–H and O–H groups in total. The third kappa shape index (κ3) is 2.72. The van der Waals surface area contributed by atoms with Gasteiger partial charge in [0.15, 0.2) is 0 Å². The number of halogens is 2. The number of nitrogens with two attached hydrogens (primary N) is 1. The van der Waals surface area contributed by atoms with Crippen LogP contribution >= 0.6 is 27.5 Å². The topological polar surface area (TPSA) is 26.0 Å². The lowest BCUT2D eigenvalue weighted by Crippen LogP contribution is -2.06. The van der Waals surface area contributed by atoms with Gasteiger partial charge < -0.3 is 5.73 Å². The second kappa shape index (κ2) is 5.15. The molecule has 78 valence electrons. The largest absolute Gasteiger partial charge is 0.330 e. The van der Waals surface area contributed by atoms with Crippen molar-refractivity contribution in [3.05, 3.63) is 32.8 Å². The molecule has 1 aromatic carbocycles. The lowest BCUT2D eigenvalue weighted by Gasteiger charge is -2.15. The highest BCUT2D eigenvalue weighted by atomic mass is 79.9. The molecule has 0 aliphatic carbocycles. The minimum atomic E-state index is 0.468. The molecule has 0 aromatic heterocycles. The normalized spacial score (nSPS) is 12.9. The van der Waals surface area contributed by atoms with Crippen LogP contribution in [0, 0.1) is 6.92 Å². The summed E-state index contributed by atoms with van der Waals surface area (Å²) in [7, 11) is 0. The highest BCUT2D eigenvalue weighted by Crippen LogP contribution is 2.30. The van der Waals surface area contributed by atoms with E-state index in [-0.39, 0.29) is 0 Å². The highest BCUT2D eigenvalue weighted by Gasteiger charge is 2.10. The fourth-order valence-corrected chi connectivity index (χ4v) is 2.42. The zero-order chi connectivity index (χ0) is 10.7. The molecule has 0 aliphatic heterocycles. The third-order valence-electron chi connectivity index (χ3n) is 2.48. The molecule has 0 spiro atoms. The van der Waals surface area contributed by atoms with E-state index in [2.05, 4.69) is 35.8 Å². The molecule has 3 heteroatoms. The quantitative estimate of drug-likeness (QED) is 0.891. The zero-order valence-electron chi connectivity index (χ0n) is 8.48. The lowest BCUT2D eigenvalue weighted by atomic mass is 9.94. The molecule has 0 fully saturated rings. The fraction of sp³-hybridized carbons (Fsp3) is 0.455. The molecule has 1 atom stereocenters. The number of hydrogen-bond donors (Lipinski definition) is 1. The van der Waals surface area contributed by atoms with Crippen LogP contribution in [0.25, 0.3) is 0 Å². The standard InChI is InChI=1S/C11H15BrClN/c1-7(3-4-14)10-5-9(12)6-11(13)8(10)2/h5-7H,3-4,14H2,1-2H3. The van der Waals surface area contributed by atoms with Crippen LogP contribution in [0.15, 0.2) is 16.6 Å². The molecular formula is C11H15BrClN. The average molecular weight is 277 g/mol. The zero-order valence-corrected chi connectivity index (χ0v) is 10.8. The average Bonchev–Trinajstić information content (AvgIpc) is 2.11. The Morgan fingerprint density at radius 3 is 2.71 bits per heavy atom. The molecule has 0 heterocycles. The van der Waals surface area contributed by atoms with E-state index in [0.717, 1.165) is 21.5 Å². The first-order valence-electron chi connectivity index (χ1n) is 4.72. The monoisotopic (exact) mass is 275 g/mol. The van der Waals surface area contributed by atoms with Crippen molar-refractivity contribution in [2.24, 2.45) is 5.73 Å². The molecule has 14 heavy (non-hydrogen) atoms. The predicted molar refractivity (Wildman–Crippen MR) is 66.0 cm³/mol. The van der Waals surface area contributed by atoms with Crippen molar-refractivity contribution in [2.75, 3.05) is 6.54 Å². The number of hydrogen-bond acceptors (Lipinski definition) is 1. The van der Waals surface area contributed by atoms with Crippen LogP contribution in [0.4, 0.5) is 0 Å². The number of benzene rings is 1. The van der Waals surface area contributed by atoms with Crippen LogP contribution in [-0.2, 0) is 0 Å². The summed E-state index contributed by atoms with van der Waals surface area (Å²) >= 11 is 9.55. The summed E-state index contributed by atoms with van der Waals surface area (Å²) in [6.07, 6.45) is 0.994. The van der Waals surface area contributed by atoms with Gasteiger partial charge in [-0.25, -0.2) is 0 Å². The second-order valence-electron chi connectivity index (χ2n) is 3.58. The molecular weight excluding hydrogens is 261 g/mol. The maximum atomic E-state index is 6.10. The van der Waals surface area contributed by atoms with Crippen molar-refractivity contribution in [2.45, 2.75) is 26.2 Å². The van der Waals surface area contributed by atoms with Crippen LogP contribution in [0.1, 0.15) is 30.4 Å². The van der Waals surface area contributed by atoms with Crippen molar-refractivity contribution >= 4 is 27.5 Å². The Kier molecular flexibility index (Phi) is 4.42. The van der Waals surface area contributed by atoms with Gasteiger partial charge >= 0.3 is 0 Å². The first-order chi connectivity index (χ1) is 6.56. The Balaban J connectivity index is 3.07. The Labute approximate surface area is 98.8 Å². The lowest BCUT2D eigenvalue weighted by molar-refractivity contribution is 0.686. The van der Waals surface area contributed by atoms with E-state index in [0.29, 0.717) is 12.5 Å². The van der Waals surface area contributed by atoms with Gasteiger partial charge in [0.2, 0.25) is 0 Å². The molecule has 0 bridgehead atoms. The van der Waals surface area contributed by atoms with Gasteiger partial charge in [0, 0.05) is 9.50 Å². The molecule has 0 saturated heterocycles. The maximum absolute atomic E-state index is 6.10. The minimum absolute atomic E-state index is 0.468. The summed E-state index contributed by atoms with van der Waals surface area (Å²) in [5, 5.41) is 0.818. The molecule has 1 unspecified atom stereocenters. The van der Waals surface area contributed by atoms with E-state index in [1.54, 1.807) is 0 Å². The van der Waals surface area contributed by atoms with Crippen LogP contribution in [0.3, 0.4) is 0 Å². The minimum Gasteiger partial charge on any atom is -0.330 e.